The van der Waals surface area contributed by atoms with E-state index in [0.717, 1.165) is 5.92 Å². The molecule has 1 aliphatic rings. The second-order valence-electron chi connectivity index (χ2n) is 6.46. The third-order valence-corrected chi connectivity index (χ3v) is 4.87. The molecule has 2 unspecified atom stereocenters. The van der Waals surface area contributed by atoms with Crippen LogP contribution in [0.3, 0.4) is 0 Å². The molecule has 0 bridgehead atoms. The fourth-order valence-electron chi connectivity index (χ4n) is 3.53. The van der Waals surface area contributed by atoms with Crippen LogP contribution >= 0.6 is 0 Å². The summed E-state index contributed by atoms with van der Waals surface area (Å²) in [5.41, 5.74) is 1.46. The molecule has 0 amide bonds. The molecule has 1 aromatic carbocycles. The Balaban J connectivity index is 1.95. The van der Waals surface area contributed by atoms with Crippen LogP contribution in [0.25, 0.3) is 0 Å². The Bertz CT molecular complexity index is 353. The zero-order valence-corrected chi connectivity index (χ0v) is 13.3. The third kappa shape index (κ3) is 4.63. The van der Waals surface area contributed by atoms with Crippen LogP contribution in [0.5, 0.6) is 0 Å². The van der Waals surface area contributed by atoms with Gasteiger partial charge in [0.2, 0.25) is 0 Å². The van der Waals surface area contributed by atoms with Crippen molar-refractivity contribution in [2.24, 2.45) is 5.92 Å². The quantitative estimate of drug-likeness (QED) is 0.694. The van der Waals surface area contributed by atoms with Crippen molar-refractivity contribution in [2.45, 2.75) is 77.3 Å². The Hall–Kier alpha value is -0.820. The van der Waals surface area contributed by atoms with Crippen molar-refractivity contribution >= 4 is 0 Å². The van der Waals surface area contributed by atoms with E-state index in [1.807, 2.05) is 0 Å². The summed E-state index contributed by atoms with van der Waals surface area (Å²) in [5.74, 6) is 0.886. The van der Waals surface area contributed by atoms with Gasteiger partial charge in [-0.3, -0.25) is 0 Å². The summed E-state index contributed by atoms with van der Waals surface area (Å²) in [4.78, 5) is 0. The van der Waals surface area contributed by atoms with Crippen molar-refractivity contribution in [1.82, 2.24) is 5.32 Å². The first-order valence-electron chi connectivity index (χ1n) is 8.62. The van der Waals surface area contributed by atoms with Crippen molar-refractivity contribution in [1.29, 1.82) is 0 Å². The lowest BCUT2D eigenvalue weighted by Crippen LogP contribution is -2.37. The smallest absolute Gasteiger partial charge is 0.0322 e. The van der Waals surface area contributed by atoms with Gasteiger partial charge in [0, 0.05) is 12.1 Å². The molecule has 1 fully saturated rings. The summed E-state index contributed by atoms with van der Waals surface area (Å²) < 4.78 is 0. The van der Waals surface area contributed by atoms with Gasteiger partial charge in [0.05, 0.1) is 0 Å². The van der Waals surface area contributed by atoms with Crippen LogP contribution in [-0.2, 0) is 0 Å². The first-order valence-corrected chi connectivity index (χ1v) is 8.62. The van der Waals surface area contributed by atoms with Crippen molar-refractivity contribution in [3.63, 3.8) is 0 Å². The van der Waals surface area contributed by atoms with Gasteiger partial charge in [0.15, 0.2) is 0 Å². The second kappa shape index (κ2) is 8.46. The maximum Gasteiger partial charge on any atom is 0.0322 e. The molecule has 2 atom stereocenters. The number of hydrogen-bond donors (Lipinski definition) is 1. The van der Waals surface area contributed by atoms with Gasteiger partial charge in [0.1, 0.15) is 0 Å². The number of hydrogen-bond acceptors (Lipinski definition) is 1. The zero-order valence-electron chi connectivity index (χ0n) is 13.3. The zero-order chi connectivity index (χ0) is 14.2. The maximum absolute atomic E-state index is 3.94. The van der Waals surface area contributed by atoms with E-state index in [9.17, 15) is 0 Å². The van der Waals surface area contributed by atoms with E-state index < -0.39 is 0 Å². The number of nitrogens with one attached hydrogen (secondary N) is 1. The Morgan fingerprint density at radius 1 is 1.10 bits per heavy atom. The van der Waals surface area contributed by atoms with Gasteiger partial charge in [-0.15, -0.1) is 0 Å². The molecule has 2 rings (SSSR count). The Kier molecular flexibility index (Phi) is 6.59. The summed E-state index contributed by atoms with van der Waals surface area (Å²) in [5, 5.41) is 3.94. The van der Waals surface area contributed by atoms with Crippen LogP contribution in [0, 0.1) is 5.92 Å². The minimum absolute atomic E-state index is 0.535. The summed E-state index contributed by atoms with van der Waals surface area (Å²) in [6.45, 7) is 4.69. The monoisotopic (exact) mass is 273 g/mol. The van der Waals surface area contributed by atoms with Gasteiger partial charge in [0.25, 0.3) is 0 Å². The van der Waals surface area contributed by atoms with Crippen molar-refractivity contribution in [3.8, 4) is 0 Å². The lowest BCUT2D eigenvalue weighted by atomic mass is 9.84. The summed E-state index contributed by atoms with van der Waals surface area (Å²) in [7, 11) is 0. The fourth-order valence-corrected chi connectivity index (χ4v) is 3.53. The molecule has 0 aromatic heterocycles. The van der Waals surface area contributed by atoms with Crippen LogP contribution < -0.4 is 5.32 Å². The molecule has 0 spiro atoms. The predicted molar refractivity (Wildman–Crippen MR) is 87.9 cm³/mol. The maximum atomic E-state index is 3.94. The van der Waals surface area contributed by atoms with E-state index in [2.05, 4.69) is 49.5 Å². The van der Waals surface area contributed by atoms with Crippen molar-refractivity contribution in [2.75, 3.05) is 0 Å². The molecule has 1 aliphatic carbocycles. The average Bonchev–Trinajstić information content (AvgIpc) is 2.53. The SMILES string of the molecule is CCCCC(NC(C)C1CCCCC1)c1ccccc1. The molecular weight excluding hydrogens is 242 g/mol. The molecule has 1 nitrogen and oxygen atoms in total. The molecular formula is C19H31N. The molecule has 1 aromatic rings. The largest absolute Gasteiger partial charge is 0.307 e. The van der Waals surface area contributed by atoms with Crippen LogP contribution in [0.1, 0.15) is 76.8 Å². The third-order valence-electron chi connectivity index (χ3n) is 4.87. The van der Waals surface area contributed by atoms with E-state index in [1.54, 1.807) is 0 Å². The van der Waals surface area contributed by atoms with E-state index >= 15 is 0 Å². The lowest BCUT2D eigenvalue weighted by Gasteiger charge is -2.32. The van der Waals surface area contributed by atoms with E-state index in [1.165, 1.54) is 56.9 Å². The fraction of sp³-hybridized carbons (Fsp3) is 0.684. The number of unbranched alkanes of at least 4 members (excludes halogenated alkanes) is 1. The topological polar surface area (TPSA) is 12.0 Å². The highest BCUT2D eigenvalue weighted by Gasteiger charge is 2.22. The van der Waals surface area contributed by atoms with Crippen LogP contribution in [0.15, 0.2) is 30.3 Å². The minimum Gasteiger partial charge on any atom is -0.307 e. The highest BCUT2D eigenvalue weighted by atomic mass is 15.0. The van der Waals surface area contributed by atoms with E-state index in [4.69, 9.17) is 0 Å². The Morgan fingerprint density at radius 3 is 2.45 bits per heavy atom. The van der Waals surface area contributed by atoms with Gasteiger partial charge >= 0.3 is 0 Å². The normalized spacial score (nSPS) is 19.7. The van der Waals surface area contributed by atoms with E-state index in [-0.39, 0.29) is 0 Å². The Labute approximate surface area is 125 Å². The van der Waals surface area contributed by atoms with Gasteiger partial charge < -0.3 is 5.32 Å². The molecule has 1 heteroatoms. The summed E-state index contributed by atoms with van der Waals surface area (Å²) in [6, 6.07) is 12.2. The Morgan fingerprint density at radius 2 is 1.80 bits per heavy atom. The highest BCUT2D eigenvalue weighted by molar-refractivity contribution is 5.19. The molecule has 0 aliphatic heterocycles. The van der Waals surface area contributed by atoms with Gasteiger partial charge in [-0.1, -0.05) is 69.4 Å². The van der Waals surface area contributed by atoms with Crippen LogP contribution in [0.2, 0.25) is 0 Å². The highest BCUT2D eigenvalue weighted by Crippen LogP contribution is 2.28. The average molecular weight is 273 g/mol. The van der Waals surface area contributed by atoms with Crippen molar-refractivity contribution < 1.29 is 0 Å². The standard InChI is InChI=1S/C19H31N/c1-3-4-15-19(18-13-9-6-10-14-18)20-16(2)17-11-7-5-8-12-17/h6,9-10,13-14,16-17,19-20H,3-5,7-8,11-12,15H2,1-2H3. The second-order valence-corrected chi connectivity index (χ2v) is 6.46. The molecule has 0 radical (unpaired) electrons. The summed E-state index contributed by atoms with van der Waals surface area (Å²) in [6.07, 6.45) is 11.0. The van der Waals surface area contributed by atoms with Crippen LogP contribution in [-0.4, -0.2) is 6.04 Å². The van der Waals surface area contributed by atoms with Crippen molar-refractivity contribution in [3.05, 3.63) is 35.9 Å². The van der Waals surface area contributed by atoms with Gasteiger partial charge in [-0.2, -0.15) is 0 Å². The van der Waals surface area contributed by atoms with Gasteiger partial charge in [-0.05, 0) is 37.7 Å². The molecule has 20 heavy (non-hydrogen) atoms. The molecule has 1 saturated carbocycles. The molecule has 0 saturated heterocycles. The molecule has 112 valence electrons. The minimum atomic E-state index is 0.535. The van der Waals surface area contributed by atoms with Gasteiger partial charge in [-0.25, -0.2) is 0 Å². The molecule has 0 heterocycles. The first-order chi connectivity index (χ1) is 9.81. The lowest BCUT2D eigenvalue weighted by molar-refractivity contribution is 0.259. The number of rotatable bonds is 7. The molecule has 1 N–H and O–H groups in total. The van der Waals surface area contributed by atoms with Crippen LogP contribution in [0.4, 0.5) is 0 Å². The number of benzene rings is 1. The van der Waals surface area contributed by atoms with E-state index in [0.29, 0.717) is 12.1 Å². The first kappa shape index (κ1) is 15.6. The predicted octanol–water partition coefficient (Wildman–Crippen LogP) is 5.48. The summed E-state index contributed by atoms with van der Waals surface area (Å²) >= 11 is 0.